The van der Waals surface area contributed by atoms with Gasteiger partial charge in [0.05, 0.1) is 22.6 Å². The topological polar surface area (TPSA) is 138 Å². The minimum atomic E-state index is -4.56. The normalized spacial score (nSPS) is 16.5. The number of carbonyl (C=O) groups is 2. The lowest BCUT2D eigenvalue weighted by Gasteiger charge is -2.26. The van der Waals surface area contributed by atoms with Crippen molar-refractivity contribution in [1.29, 1.82) is 0 Å². The van der Waals surface area contributed by atoms with Crippen molar-refractivity contribution in [3.63, 3.8) is 0 Å². The van der Waals surface area contributed by atoms with Gasteiger partial charge in [-0.3, -0.25) is 4.79 Å². The number of alkyl halides is 3. The van der Waals surface area contributed by atoms with Crippen LogP contribution in [0.1, 0.15) is 53.1 Å². The summed E-state index contributed by atoms with van der Waals surface area (Å²) in [7, 11) is 3.14. The second-order valence-corrected chi connectivity index (χ2v) is 9.49. The Morgan fingerprint density at radius 2 is 1.89 bits per heavy atom. The summed E-state index contributed by atoms with van der Waals surface area (Å²) >= 11 is 0. The van der Waals surface area contributed by atoms with Crippen molar-refractivity contribution in [1.82, 2.24) is 19.9 Å². The number of nitrogens with one attached hydrogen (secondary N) is 1. The molecule has 10 nitrogen and oxygen atoms in total. The van der Waals surface area contributed by atoms with Gasteiger partial charge >= 0.3 is 12.1 Å². The van der Waals surface area contributed by atoms with Crippen LogP contribution in [0.4, 0.5) is 30.5 Å². The van der Waals surface area contributed by atoms with Gasteiger partial charge in [0, 0.05) is 26.3 Å². The van der Waals surface area contributed by atoms with Crippen molar-refractivity contribution >= 4 is 40.2 Å². The van der Waals surface area contributed by atoms with E-state index in [1.54, 1.807) is 38.9 Å². The summed E-state index contributed by atoms with van der Waals surface area (Å²) in [5.74, 6) is -0.598. The number of pyridine rings is 1. The highest BCUT2D eigenvalue weighted by Crippen LogP contribution is 2.35. The fourth-order valence-corrected chi connectivity index (χ4v) is 4.54. The first-order chi connectivity index (χ1) is 17.8. The van der Waals surface area contributed by atoms with Gasteiger partial charge in [-0.2, -0.15) is 13.2 Å². The Bertz CT molecular complexity index is 1410. The van der Waals surface area contributed by atoms with E-state index in [1.807, 2.05) is 0 Å². The summed E-state index contributed by atoms with van der Waals surface area (Å²) in [6, 6.07) is 3.39. The number of aromatic nitrogens is 3. The Kier molecular flexibility index (Phi) is 7.04. The molecule has 0 spiro atoms. The minimum absolute atomic E-state index is 0.0315. The van der Waals surface area contributed by atoms with Crippen LogP contribution in [-0.4, -0.2) is 63.5 Å². The van der Waals surface area contributed by atoms with Crippen LogP contribution < -0.4 is 16.0 Å². The fraction of sp³-hybridized carbons (Fsp3) is 0.400. The highest BCUT2D eigenvalue weighted by molar-refractivity contribution is 6.04. The van der Waals surface area contributed by atoms with Crippen LogP contribution in [0, 0.1) is 6.92 Å². The van der Waals surface area contributed by atoms with Crippen LogP contribution in [0.2, 0.25) is 0 Å². The number of amides is 1. The van der Waals surface area contributed by atoms with Crippen molar-refractivity contribution in [2.75, 3.05) is 36.6 Å². The van der Waals surface area contributed by atoms with E-state index >= 15 is 0 Å². The number of aliphatic carboxylic acids is 1. The molecule has 13 heteroatoms. The molecule has 38 heavy (non-hydrogen) atoms. The molecular weight excluding hydrogens is 503 g/mol. The first kappa shape index (κ1) is 26.9. The van der Waals surface area contributed by atoms with E-state index in [9.17, 15) is 27.9 Å². The number of fused-ring (bicyclic) bond motifs is 1. The van der Waals surface area contributed by atoms with Crippen molar-refractivity contribution < 1.29 is 27.9 Å². The molecule has 0 radical (unpaired) electrons. The van der Waals surface area contributed by atoms with Crippen molar-refractivity contribution in [2.24, 2.45) is 0 Å². The predicted octanol–water partition coefficient (Wildman–Crippen LogP) is 3.86. The number of aryl methyl sites for hydroxylation is 1. The Morgan fingerprint density at radius 3 is 2.53 bits per heavy atom. The number of benzene rings is 1. The molecule has 0 bridgehead atoms. The Morgan fingerprint density at radius 1 is 1.18 bits per heavy atom. The third kappa shape index (κ3) is 5.27. The largest absolute Gasteiger partial charge is 0.480 e. The molecule has 2 atom stereocenters. The molecule has 202 valence electrons. The molecule has 1 aromatic carbocycles. The first-order valence-electron chi connectivity index (χ1n) is 11.9. The third-order valence-corrected chi connectivity index (χ3v) is 6.38. The maximum absolute atomic E-state index is 13.3. The van der Waals surface area contributed by atoms with Gasteiger partial charge in [-0.15, -0.1) is 0 Å². The average Bonchev–Trinajstić information content (AvgIpc) is 3.32. The number of carbonyl (C=O) groups excluding carboxylic acids is 1. The summed E-state index contributed by atoms with van der Waals surface area (Å²) in [4.78, 5) is 41.4. The highest BCUT2D eigenvalue weighted by Gasteiger charge is 2.35. The molecule has 2 aromatic heterocycles. The lowest BCUT2D eigenvalue weighted by atomic mass is 10.0. The summed E-state index contributed by atoms with van der Waals surface area (Å²) in [6.45, 7) is 3.70. The van der Waals surface area contributed by atoms with Crippen LogP contribution in [0.5, 0.6) is 0 Å². The molecule has 3 heterocycles. The van der Waals surface area contributed by atoms with Gasteiger partial charge < -0.3 is 26.0 Å². The predicted molar refractivity (Wildman–Crippen MR) is 136 cm³/mol. The van der Waals surface area contributed by atoms with E-state index in [2.05, 4.69) is 20.3 Å². The SMILES string of the molecule is Cc1nc(N[C@H](C)c2cc(N)cc(C(F)(F)F)c2)c2cc(C(=O)N(C)C)c(N3CCCC3C(=O)O)nc2n1. The second-order valence-electron chi connectivity index (χ2n) is 9.49. The third-order valence-electron chi connectivity index (χ3n) is 6.38. The lowest BCUT2D eigenvalue weighted by Crippen LogP contribution is -2.38. The van der Waals surface area contributed by atoms with Gasteiger partial charge in [0.25, 0.3) is 5.91 Å². The summed E-state index contributed by atoms with van der Waals surface area (Å²) in [6.07, 6.45) is -3.52. The van der Waals surface area contributed by atoms with Gasteiger partial charge in [-0.25, -0.2) is 19.7 Å². The van der Waals surface area contributed by atoms with Crippen molar-refractivity contribution in [2.45, 2.75) is 44.9 Å². The van der Waals surface area contributed by atoms with Gasteiger partial charge in [0.15, 0.2) is 5.65 Å². The number of rotatable bonds is 6. The van der Waals surface area contributed by atoms with Crippen LogP contribution in [-0.2, 0) is 11.0 Å². The number of carboxylic acid groups (broad SMARTS) is 1. The molecule has 1 saturated heterocycles. The minimum Gasteiger partial charge on any atom is -0.480 e. The molecule has 1 unspecified atom stereocenters. The molecule has 1 amide bonds. The monoisotopic (exact) mass is 531 g/mol. The number of carboxylic acids is 1. The number of hydrogen-bond acceptors (Lipinski definition) is 8. The summed E-state index contributed by atoms with van der Waals surface area (Å²) in [5.41, 5.74) is 5.52. The molecule has 0 aliphatic carbocycles. The van der Waals surface area contributed by atoms with E-state index < -0.39 is 35.7 Å². The smallest absolute Gasteiger partial charge is 0.416 e. The van der Waals surface area contributed by atoms with Crippen molar-refractivity contribution in [3.8, 4) is 0 Å². The van der Waals surface area contributed by atoms with E-state index in [0.717, 1.165) is 12.1 Å². The van der Waals surface area contributed by atoms with Crippen molar-refractivity contribution in [3.05, 3.63) is 46.8 Å². The molecule has 1 fully saturated rings. The summed E-state index contributed by atoms with van der Waals surface area (Å²) < 4.78 is 40.0. The Hall–Kier alpha value is -4.16. The number of nitrogen functional groups attached to an aromatic ring is 1. The number of nitrogens with zero attached hydrogens (tertiary/aromatic N) is 5. The number of nitrogens with two attached hydrogens (primary N) is 1. The quantitative estimate of drug-likeness (QED) is 0.405. The van der Waals surface area contributed by atoms with Gasteiger partial charge in [0.2, 0.25) is 0 Å². The average molecular weight is 532 g/mol. The van der Waals surface area contributed by atoms with E-state index in [-0.39, 0.29) is 34.1 Å². The highest BCUT2D eigenvalue weighted by atomic mass is 19.4. The maximum Gasteiger partial charge on any atom is 0.416 e. The van der Waals surface area contributed by atoms with Gasteiger partial charge in [0.1, 0.15) is 23.5 Å². The summed E-state index contributed by atoms with van der Waals surface area (Å²) in [5, 5.41) is 13.2. The maximum atomic E-state index is 13.3. The zero-order chi connectivity index (χ0) is 27.9. The zero-order valence-electron chi connectivity index (χ0n) is 21.3. The Balaban J connectivity index is 1.83. The first-order valence-corrected chi connectivity index (χ1v) is 11.9. The lowest BCUT2D eigenvalue weighted by molar-refractivity contribution is -0.138. The molecule has 1 aliphatic rings. The molecule has 4 rings (SSSR count). The second kappa shape index (κ2) is 9.95. The molecule has 0 saturated carbocycles. The zero-order valence-corrected chi connectivity index (χ0v) is 21.3. The molecule has 4 N–H and O–H groups in total. The molecule has 3 aromatic rings. The van der Waals surface area contributed by atoms with E-state index in [0.29, 0.717) is 30.6 Å². The number of halogens is 3. The number of anilines is 3. The van der Waals surface area contributed by atoms with Crippen LogP contribution >= 0.6 is 0 Å². The van der Waals surface area contributed by atoms with Gasteiger partial charge in [-0.1, -0.05) is 0 Å². The Labute approximate surface area is 216 Å². The van der Waals surface area contributed by atoms with E-state index in [1.165, 1.54) is 11.0 Å². The van der Waals surface area contributed by atoms with Crippen LogP contribution in [0.3, 0.4) is 0 Å². The standard InChI is InChI=1S/C25H28F3N7O3/c1-12(14-8-15(25(26,27)28)10-16(29)9-14)30-20-17-11-18(23(36)34(3)4)22(33-21(17)32-13(2)31-20)35-7-5-6-19(35)24(37)38/h8-12,19H,5-7,29H2,1-4H3,(H,37,38)(H,30,31,32,33)/t12-,19?/m1/s1. The van der Waals surface area contributed by atoms with Gasteiger partial charge in [-0.05, 0) is 56.5 Å². The fourth-order valence-electron chi connectivity index (χ4n) is 4.54. The number of hydrogen-bond donors (Lipinski definition) is 3. The van der Waals surface area contributed by atoms with Crippen LogP contribution in [0.25, 0.3) is 11.0 Å². The molecular formula is C25H28F3N7O3. The van der Waals surface area contributed by atoms with E-state index in [4.69, 9.17) is 5.73 Å². The van der Waals surface area contributed by atoms with Crippen LogP contribution in [0.15, 0.2) is 24.3 Å². The molecule has 1 aliphatic heterocycles.